The number of carbonyl (C=O) groups is 2. The number of nitrogens with zero attached hydrogens (tertiary/aromatic N) is 2. The van der Waals surface area contributed by atoms with Gasteiger partial charge in [-0.1, -0.05) is 47.7 Å². The van der Waals surface area contributed by atoms with E-state index >= 15 is 0 Å². The number of amides is 1. The fraction of sp³-hybridized carbons (Fsp3) is 0.160. The first-order chi connectivity index (χ1) is 16.0. The zero-order valence-corrected chi connectivity index (χ0v) is 18.5. The summed E-state index contributed by atoms with van der Waals surface area (Å²) in [4.78, 5) is 30.5. The first-order valence-electron chi connectivity index (χ1n) is 10.4. The number of esters is 1. The van der Waals surface area contributed by atoms with Gasteiger partial charge in [0.15, 0.2) is 4.80 Å². The van der Waals surface area contributed by atoms with Crippen LogP contribution >= 0.6 is 11.3 Å². The smallest absolute Gasteiger partial charge is 0.326 e. The molecule has 0 aliphatic carbocycles. The number of carbonyl (C=O) groups excluding carboxylic acids is 2. The van der Waals surface area contributed by atoms with Gasteiger partial charge in [0.1, 0.15) is 23.9 Å². The van der Waals surface area contributed by atoms with Gasteiger partial charge in [0.05, 0.1) is 22.7 Å². The van der Waals surface area contributed by atoms with Crippen LogP contribution in [0.1, 0.15) is 24.0 Å². The molecule has 3 aromatic carbocycles. The topological polar surface area (TPSA) is 69.9 Å². The lowest BCUT2D eigenvalue weighted by Gasteiger charge is -2.25. The molecular weight excluding hydrogens is 443 g/mol. The van der Waals surface area contributed by atoms with E-state index in [-0.39, 0.29) is 13.2 Å². The van der Waals surface area contributed by atoms with Crippen molar-refractivity contribution >= 4 is 33.4 Å². The molecule has 5 rings (SSSR count). The van der Waals surface area contributed by atoms with Gasteiger partial charge in [0.2, 0.25) is 0 Å². The summed E-state index contributed by atoms with van der Waals surface area (Å²) >= 11 is 1.15. The number of halogens is 1. The molecule has 0 radical (unpaired) electrons. The molecule has 0 N–H and O–H groups in total. The third-order valence-corrected chi connectivity index (χ3v) is 6.41. The van der Waals surface area contributed by atoms with Crippen molar-refractivity contribution in [2.45, 2.75) is 19.4 Å². The van der Waals surface area contributed by atoms with Crippen molar-refractivity contribution in [3.05, 3.63) is 88.5 Å². The van der Waals surface area contributed by atoms with Crippen LogP contribution in [0.2, 0.25) is 0 Å². The van der Waals surface area contributed by atoms with Gasteiger partial charge in [0, 0.05) is 11.1 Å². The number of benzene rings is 3. The molecule has 1 aliphatic heterocycles. The highest BCUT2D eigenvalue weighted by Gasteiger charge is 2.32. The molecule has 2 heterocycles. The monoisotopic (exact) mass is 462 g/mol. The lowest BCUT2D eigenvalue weighted by molar-refractivity contribution is -0.143. The summed E-state index contributed by atoms with van der Waals surface area (Å²) in [6.45, 7) is 1.82. The molecule has 0 fully saturated rings. The van der Waals surface area contributed by atoms with Crippen LogP contribution in [0.3, 0.4) is 0 Å². The molecule has 166 valence electrons. The predicted molar refractivity (Wildman–Crippen MR) is 122 cm³/mol. The molecule has 1 aliphatic rings. The summed E-state index contributed by atoms with van der Waals surface area (Å²) in [5, 5.41) is 0. The number of para-hydroxylation sites is 2. The third kappa shape index (κ3) is 3.93. The highest BCUT2D eigenvalue weighted by Crippen LogP contribution is 2.44. The Labute approximate surface area is 192 Å². The van der Waals surface area contributed by atoms with Crippen LogP contribution in [0.4, 0.5) is 4.39 Å². The third-order valence-electron chi connectivity index (χ3n) is 5.37. The lowest BCUT2D eigenvalue weighted by atomic mass is 9.87. The van der Waals surface area contributed by atoms with Crippen LogP contribution < -0.4 is 9.54 Å². The average Bonchev–Trinajstić information content (AvgIpc) is 3.13. The number of hydrogen-bond donors (Lipinski definition) is 0. The zero-order valence-electron chi connectivity index (χ0n) is 17.7. The fourth-order valence-corrected chi connectivity index (χ4v) is 5.02. The Bertz CT molecular complexity index is 1410. The molecule has 0 spiro atoms. The predicted octanol–water partition coefficient (Wildman–Crippen LogP) is 4.77. The first kappa shape index (κ1) is 21.1. The van der Waals surface area contributed by atoms with E-state index in [9.17, 15) is 14.0 Å². The minimum atomic E-state index is -0.663. The Morgan fingerprint density at radius 1 is 1.06 bits per heavy atom. The largest absolute Gasteiger partial charge is 0.465 e. The Balaban J connectivity index is 1.65. The quantitative estimate of drug-likeness (QED) is 0.410. The Morgan fingerprint density at radius 3 is 2.39 bits per heavy atom. The Morgan fingerprint density at radius 2 is 1.73 bits per heavy atom. The number of aromatic nitrogens is 1. The molecule has 1 amide bonds. The minimum Gasteiger partial charge on any atom is -0.465 e. The first-order valence-corrected chi connectivity index (χ1v) is 11.3. The summed E-state index contributed by atoms with van der Waals surface area (Å²) in [6, 6.07) is 19.0. The fourth-order valence-electron chi connectivity index (χ4n) is 3.96. The molecule has 6 nitrogen and oxygen atoms in total. The molecule has 33 heavy (non-hydrogen) atoms. The summed E-state index contributed by atoms with van der Waals surface area (Å²) in [7, 11) is 0. The normalized spacial score (nSPS) is 13.3. The second-order valence-corrected chi connectivity index (χ2v) is 8.46. The van der Waals surface area contributed by atoms with Crippen molar-refractivity contribution in [3.8, 4) is 11.5 Å². The van der Waals surface area contributed by atoms with Gasteiger partial charge in [0.25, 0.3) is 5.91 Å². The van der Waals surface area contributed by atoms with E-state index in [1.807, 2.05) is 48.5 Å². The SMILES string of the molecule is CCOC(=O)Cn1c(=NC(=O)C2c3ccccc3Oc3ccccc32)sc2cc(F)ccc21. The molecule has 0 unspecified atom stereocenters. The number of hydrogen-bond acceptors (Lipinski definition) is 5. The van der Waals surface area contributed by atoms with Crippen LogP contribution in [0, 0.1) is 5.82 Å². The van der Waals surface area contributed by atoms with Gasteiger partial charge in [-0.05, 0) is 37.3 Å². The second-order valence-electron chi connectivity index (χ2n) is 7.45. The van der Waals surface area contributed by atoms with E-state index in [1.54, 1.807) is 17.6 Å². The standard InChI is InChI=1S/C25H19FN2O4S/c1-2-31-22(29)14-28-18-12-11-15(26)13-21(18)33-25(28)27-24(30)23-16-7-3-5-9-19(16)32-20-10-6-4-8-17(20)23/h3-13,23H,2,14H2,1H3. The van der Waals surface area contributed by atoms with Crippen molar-refractivity contribution in [2.24, 2.45) is 4.99 Å². The van der Waals surface area contributed by atoms with Gasteiger partial charge >= 0.3 is 5.97 Å². The van der Waals surface area contributed by atoms with E-state index in [0.29, 0.717) is 37.6 Å². The maximum Gasteiger partial charge on any atom is 0.326 e. The van der Waals surface area contributed by atoms with Crippen molar-refractivity contribution in [1.29, 1.82) is 0 Å². The maximum atomic E-state index is 13.8. The van der Waals surface area contributed by atoms with E-state index in [0.717, 1.165) is 11.3 Å². The summed E-state index contributed by atoms with van der Waals surface area (Å²) in [6.07, 6.45) is 0. The van der Waals surface area contributed by atoms with Crippen LogP contribution in [0.5, 0.6) is 11.5 Å². The Hall–Kier alpha value is -3.78. The van der Waals surface area contributed by atoms with Crippen LogP contribution in [-0.4, -0.2) is 23.1 Å². The van der Waals surface area contributed by atoms with Crippen molar-refractivity contribution in [1.82, 2.24) is 4.57 Å². The number of rotatable bonds is 4. The number of thiazole rings is 1. The molecule has 0 saturated carbocycles. The highest BCUT2D eigenvalue weighted by atomic mass is 32.1. The summed E-state index contributed by atoms with van der Waals surface area (Å²) in [5.74, 6) is -0.730. The number of fused-ring (bicyclic) bond motifs is 3. The zero-order chi connectivity index (χ0) is 22.9. The molecule has 0 bridgehead atoms. The van der Waals surface area contributed by atoms with E-state index in [1.165, 1.54) is 12.1 Å². The van der Waals surface area contributed by atoms with Crippen molar-refractivity contribution in [3.63, 3.8) is 0 Å². The van der Waals surface area contributed by atoms with Crippen LogP contribution in [0.15, 0.2) is 71.7 Å². The molecule has 1 aromatic heterocycles. The highest BCUT2D eigenvalue weighted by molar-refractivity contribution is 7.16. The van der Waals surface area contributed by atoms with Gasteiger partial charge in [-0.25, -0.2) is 4.39 Å². The maximum absolute atomic E-state index is 13.8. The van der Waals surface area contributed by atoms with E-state index in [4.69, 9.17) is 9.47 Å². The number of ether oxygens (including phenoxy) is 2. The molecule has 8 heteroatoms. The molecule has 0 saturated heterocycles. The summed E-state index contributed by atoms with van der Waals surface area (Å²) in [5.41, 5.74) is 2.04. The van der Waals surface area contributed by atoms with Crippen LogP contribution in [-0.2, 0) is 20.9 Å². The average molecular weight is 463 g/mol. The van der Waals surface area contributed by atoms with Crippen molar-refractivity contribution < 1.29 is 23.5 Å². The molecule has 4 aromatic rings. The van der Waals surface area contributed by atoms with Gasteiger partial charge < -0.3 is 14.0 Å². The van der Waals surface area contributed by atoms with E-state index in [2.05, 4.69) is 4.99 Å². The second kappa shape index (κ2) is 8.63. The Kier molecular flexibility index (Phi) is 5.51. The van der Waals surface area contributed by atoms with Crippen molar-refractivity contribution in [2.75, 3.05) is 6.61 Å². The van der Waals surface area contributed by atoms with Gasteiger partial charge in [-0.3, -0.25) is 9.59 Å². The van der Waals surface area contributed by atoms with Gasteiger partial charge in [-0.2, -0.15) is 4.99 Å². The van der Waals surface area contributed by atoms with Crippen LogP contribution in [0.25, 0.3) is 10.2 Å². The molecular formula is C25H19FN2O4S. The lowest BCUT2D eigenvalue weighted by Crippen LogP contribution is -2.25. The minimum absolute atomic E-state index is 0.132. The van der Waals surface area contributed by atoms with Gasteiger partial charge in [-0.15, -0.1) is 0 Å². The molecule has 0 atom stereocenters. The summed E-state index contributed by atoms with van der Waals surface area (Å²) < 4.78 is 27.1. The van der Waals surface area contributed by atoms with E-state index < -0.39 is 23.6 Å².